The lowest BCUT2D eigenvalue weighted by molar-refractivity contribution is -0.139. The van der Waals surface area contributed by atoms with Crippen LogP contribution in [0.3, 0.4) is 0 Å². The van der Waals surface area contributed by atoms with Crippen LogP contribution >= 0.6 is 0 Å². The van der Waals surface area contributed by atoms with Crippen molar-refractivity contribution in [3.8, 4) is 0 Å². The predicted molar refractivity (Wildman–Crippen MR) is 77.4 cm³/mol. The van der Waals surface area contributed by atoms with Crippen LogP contribution in [0.1, 0.15) is 70.6 Å². The summed E-state index contributed by atoms with van der Waals surface area (Å²) in [6, 6.07) is 0. The number of rotatable bonds is 4. The molecule has 0 bridgehead atoms. The smallest absolute Gasteiger partial charge is 0.157 e. The molecular formula is C17H28O3. The zero-order valence-corrected chi connectivity index (χ0v) is 12.6. The van der Waals surface area contributed by atoms with Gasteiger partial charge in [-0.3, -0.25) is 4.79 Å². The first-order valence-electron chi connectivity index (χ1n) is 8.58. The summed E-state index contributed by atoms with van der Waals surface area (Å²) in [6.45, 7) is 1.43. The van der Waals surface area contributed by atoms with Gasteiger partial charge < -0.3 is 9.47 Å². The second kappa shape index (κ2) is 6.57. The van der Waals surface area contributed by atoms with Crippen LogP contribution in [-0.4, -0.2) is 25.3 Å². The third kappa shape index (κ3) is 2.94. The zero-order chi connectivity index (χ0) is 13.8. The van der Waals surface area contributed by atoms with Crippen LogP contribution in [0.15, 0.2) is 0 Å². The van der Waals surface area contributed by atoms with E-state index in [4.69, 9.17) is 9.47 Å². The molecule has 0 N–H and O–H groups in total. The third-order valence-corrected chi connectivity index (χ3v) is 5.74. The van der Waals surface area contributed by atoms with Gasteiger partial charge in [-0.1, -0.05) is 25.7 Å². The van der Waals surface area contributed by atoms with Gasteiger partial charge in [0.25, 0.3) is 0 Å². The molecule has 114 valence electrons. The van der Waals surface area contributed by atoms with Gasteiger partial charge in [0.2, 0.25) is 0 Å². The van der Waals surface area contributed by atoms with Crippen molar-refractivity contribution >= 4 is 5.78 Å². The molecule has 3 heteroatoms. The molecule has 1 aliphatic heterocycles. The minimum Gasteiger partial charge on any atom is -0.350 e. The molecule has 0 amide bonds. The number of Topliss-reactive ketones (excluding diaryl/α,β-unsaturated/α-hetero) is 1. The van der Waals surface area contributed by atoms with Crippen LogP contribution in [-0.2, 0) is 14.3 Å². The Morgan fingerprint density at radius 1 is 1.00 bits per heavy atom. The van der Waals surface area contributed by atoms with E-state index in [0.29, 0.717) is 11.7 Å². The first-order valence-corrected chi connectivity index (χ1v) is 8.58. The maximum atomic E-state index is 12.7. The summed E-state index contributed by atoms with van der Waals surface area (Å²) in [6.07, 6.45) is 12.6. The molecule has 0 spiro atoms. The van der Waals surface area contributed by atoms with E-state index in [1.165, 1.54) is 38.5 Å². The molecule has 3 aliphatic rings. The summed E-state index contributed by atoms with van der Waals surface area (Å²) < 4.78 is 11.2. The van der Waals surface area contributed by atoms with E-state index in [0.717, 1.165) is 45.3 Å². The van der Waals surface area contributed by atoms with Crippen molar-refractivity contribution in [2.45, 2.75) is 76.9 Å². The van der Waals surface area contributed by atoms with E-state index < -0.39 is 0 Å². The Labute approximate surface area is 122 Å². The quantitative estimate of drug-likeness (QED) is 0.784. The number of carbonyl (C=O) groups excluding carboxylic acids is 1. The van der Waals surface area contributed by atoms with Gasteiger partial charge in [-0.25, -0.2) is 0 Å². The van der Waals surface area contributed by atoms with Crippen molar-refractivity contribution in [3.05, 3.63) is 0 Å². The highest BCUT2D eigenvalue weighted by atomic mass is 16.7. The Bertz CT molecular complexity index is 329. The minimum atomic E-state index is -0.0507. The fraction of sp³-hybridized carbons (Fsp3) is 0.941. The van der Waals surface area contributed by atoms with Gasteiger partial charge >= 0.3 is 0 Å². The normalized spacial score (nSPS) is 33.7. The Balaban J connectivity index is 1.69. The van der Waals surface area contributed by atoms with Crippen LogP contribution in [0.2, 0.25) is 0 Å². The fourth-order valence-electron chi connectivity index (χ4n) is 4.62. The Morgan fingerprint density at radius 2 is 1.75 bits per heavy atom. The average Bonchev–Trinajstić information content (AvgIpc) is 3.01. The van der Waals surface area contributed by atoms with Crippen molar-refractivity contribution in [2.75, 3.05) is 13.2 Å². The largest absolute Gasteiger partial charge is 0.350 e. The molecule has 3 fully saturated rings. The molecule has 1 unspecified atom stereocenters. The van der Waals surface area contributed by atoms with Crippen LogP contribution in [0.25, 0.3) is 0 Å². The fourth-order valence-corrected chi connectivity index (χ4v) is 4.62. The lowest BCUT2D eigenvalue weighted by atomic mass is 9.59. The minimum absolute atomic E-state index is 0.0337. The Morgan fingerprint density at radius 3 is 2.45 bits per heavy atom. The highest BCUT2D eigenvalue weighted by molar-refractivity contribution is 5.85. The van der Waals surface area contributed by atoms with E-state index in [1.807, 2.05) is 0 Å². The molecule has 0 aromatic carbocycles. The average molecular weight is 280 g/mol. The monoisotopic (exact) mass is 280 g/mol. The standard InChI is InChI=1S/C17H28O3/c18-15-8-4-5-10-17(15,14-6-2-1-3-7-14)11-9-16-19-12-13-20-16/h14,16H,1-13H2. The molecule has 0 aromatic heterocycles. The van der Waals surface area contributed by atoms with Crippen LogP contribution in [0.5, 0.6) is 0 Å². The van der Waals surface area contributed by atoms with Gasteiger partial charge in [-0.05, 0) is 44.4 Å². The van der Waals surface area contributed by atoms with Gasteiger partial charge in [0.05, 0.1) is 13.2 Å². The SMILES string of the molecule is O=C1CCCCC1(CCC1OCCO1)C1CCCCC1. The van der Waals surface area contributed by atoms with Gasteiger partial charge in [-0.15, -0.1) is 0 Å². The van der Waals surface area contributed by atoms with Gasteiger partial charge in [0.1, 0.15) is 5.78 Å². The molecular weight excluding hydrogens is 252 g/mol. The van der Waals surface area contributed by atoms with Gasteiger partial charge in [0, 0.05) is 11.8 Å². The lowest BCUT2D eigenvalue weighted by Crippen LogP contribution is -2.42. The molecule has 0 radical (unpaired) electrons. The summed E-state index contributed by atoms with van der Waals surface area (Å²) in [7, 11) is 0. The molecule has 20 heavy (non-hydrogen) atoms. The molecule has 3 nitrogen and oxygen atoms in total. The van der Waals surface area contributed by atoms with E-state index in [1.54, 1.807) is 0 Å². The number of hydrogen-bond acceptors (Lipinski definition) is 3. The molecule has 3 rings (SSSR count). The van der Waals surface area contributed by atoms with E-state index >= 15 is 0 Å². The molecule has 1 atom stereocenters. The summed E-state index contributed by atoms with van der Waals surface area (Å²) in [5.41, 5.74) is -0.0337. The van der Waals surface area contributed by atoms with Crippen molar-refractivity contribution in [1.29, 1.82) is 0 Å². The Kier molecular flexibility index (Phi) is 4.77. The number of carbonyl (C=O) groups is 1. The molecule has 1 saturated heterocycles. The second-order valence-corrected chi connectivity index (χ2v) is 6.83. The number of ketones is 1. The lowest BCUT2D eigenvalue weighted by Gasteiger charge is -2.44. The summed E-state index contributed by atoms with van der Waals surface area (Å²) in [4.78, 5) is 12.7. The van der Waals surface area contributed by atoms with Crippen LogP contribution in [0.4, 0.5) is 0 Å². The van der Waals surface area contributed by atoms with Crippen molar-refractivity contribution < 1.29 is 14.3 Å². The summed E-state index contributed by atoms with van der Waals surface area (Å²) >= 11 is 0. The highest BCUT2D eigenvalue weighted by Gasteiger charge is 2.46. The zero-order valence-electron chi connectivity index (χ0n) is 12.6. The number of ether oxygens (including phenoxy) is 2. The first-order chi connectivity index (χ1) is 9.81. The van der Waals surface area contributed by atoms with E-state index in [2.05, 4.69) is 0 Å². The predicted octanol–water partition coefficient (Wildman–Crippen LogP) is 3.85. The Hall–Kier alpha value is -0.410. The van der Waals surface area contributed by atoms with Crippen LogP contribution in [0, 0.1) is 11.3 Å². The maximum Gasteiger partial charge on any atom is 0.157 e. The maximum absolute atomic E-state index is 12.7. The summed E-state index contributed by atoms with van der Waals surface area (Å²) in [5.74, 6) is 1.18. The second-order valence-electron chi connectivity index (χ2n) is 6.83. The topological polar surface area (TPSA) is 35.5 Å². The molecule has 1 heterocycles. The number of hydrogen-bond donors (Lipinski definition) is 0. The van der Waals surface area contributed by atoms with Crippen LogP contribution < -0.4 is 0 Å². The van der Waals surface area contributed by atoms with E-state index in [9.17, 15) is 4.79 Å². The van der Waals surface area contributed by atoms with Crippen molar-refractivity contribution in [1.82, 2.24) is 0 Å². The summed E-state index contributed by atoms with van der Waals surface area (Å²) in [5, 5.41) is 0. The highest BCUT2D eigenvalue weighted by Crippen LogP contribution is 2.49. The molecule has 2 saturated carbocycles. The van der Waals surface area contributed by atoms with Gasteiger partial charge in [-0.2, -0.15) is 0 Å². The third-order valence-electron chi connectivity index (χ3n) is 5.74. The molecule has 0 aromatic rings. The molecule has 2 aliphatic carbocycles. The first kappa shape index (κ1) is 14.5. The van der Waals surface area contributed by atoms with Gasteiger partial charge in [0.15, 0.2) is 6.29 Å². The van der Waals surface area contributed by atoms with Crippen molar-refractivity contribution in [3.63, 3.8) is 0 Å². The van der Waals surface area contributed by atoms with Crippen molar-refractivity contribution in [2.24, 2.45) is 11.3 Å². The van der Waals surface area contributed by atoms with E-state index in [-0.39, 0.29) is 11.7 Å².